The molecule has 0 saturated heterocycles. The average Bonchev–Trinajstić information content (AvgIpc) is 2.57. The molecule has 2 aromatic carbocycles. The Morgan fingerprint density at radius 1 is 1.12 bits per heavy atom. The van der Waals surface area contributed by atoms with Crippen LogP contribution in [-0.4, -0.2) is 34.6 Å². The molecule has 25 heavy (non-hydrogen) atoms. The van der Waals surface area contributed by atoms with Gasteiger partial charge in [-0.05, 0) is 12.1 Å². The van der Waals surface area contributed by atoms with Crippen LogP contribution in [0.5, 0.6) is 0 Å². The number of fused-ring (bicyclic) bond motifs is 1. The molecule has 132 valence electrons. The molecule has 1 heterocycles. The van der Waals surface area contributed by atoms with E-state index in [0.29, 0.717) is 6.61 Å². The third-order valence-electron chi connectivity index (χ3n) is 3.60. The first-order valence-electron chi connectivity index (χ1n) is 7.34. The molecule has 6 nitrogen and oxygen atoms in total. The number of halogens is 2. The van der Waals surface area contributed by atoms with Crippen LogP contribution >= 0.6 is 0 Å². The topological polar surface area (TPSA) is 79.8 Å². The Kier molecular flexibility index (Phi) is 4.69. The molecule has 0 fully saturated rings. The molecule has 0 atom stereocenters. The van der Waals surface area contributed by atoms with Gasteiger partial charge in [0, 0.05) is 18.2 Å². The van der Waals surface area contributed by atoms with Crippen molar-refractivity contribution >= 4 is 21.7 Å². The first-order chi connectivity index (χ1) is 11.9. The molecule has 0 radical (unpaired) electrons. The Morgan fingerprint density at radius 2 is 1.84 bits per heavy atom. The number of nitrogens with zero attached hydrogens (tertiary/aromatic N) is 1. The van der Waals surface area contributed by atoms with Gasteiger partial charge in [0.15, 0.2) is 11.6 Å². The Bertz CT molecular complexity index is 946. The quantitative estimate of drug-likeness (QED) is 0.813. The van der Waals surface area contributed by atoms with E-state index in [1.165, 1.54) is 37.4 Å². The van der Waals surface area contributed by atoms with Crippen molar-refractivity contribution in [1.82, 2.24) is 4.72 Å². The summed E-state index contributed by atoms with van der Waals surface area (Å²) in [5, 5.41) is 2.84. The summed E-state index contributed by atoms with van der Waals surface area (Å²) in [4.78, 5) is 3.99. The number of rotatable bonds is 4. The summed E-state index contributed by atoms with van der Waals surface area (Å²) in [7, 11) is -2.38. The number of guanidine groups is 1. The summed E-state index contributed by atoms with van der Waals surface area (Å²) >= 11 is 0. The van der Waals surface area contributed by atoms with Crippen molar-refractivity contribution in [3.05, 3.63) is 48.0 Å². The normalized spacial score (nSPS) is 16.8. The molecule has 0 aromatic heterocycles. The highest BCUT2D eigenvalue weighted by atomic mass is 32.2. The van der Waals surface area contributed by atoms with Gasteiger partial charge >= 0.3 is 0 Å². The van der Waals surface area contributed by atoms with Crippen LogP contribution in [0.4, 0.5) is 14.5 Å². The molecule has 1 aliphatic rings. The van der Waals surface area contributed by atoms with Crippen molar-refractivity contribution in [3.63, 3.8) is 0 Å². The van der Waals surface area contributed by atoms with Gasteiger partial charge in [0.25, 0.3) is 10.0 Å². The molecule has 0 unspecified atom stereocenters. The van der Waals surface area contributed by atoms with Crippen LogP contribution in [0.15, 0.2) is 46.3 Å². The Labute approximate surface area is 143 Å². The first-order valence-corrected chi connectivity index (χ1v) is 8.83. The lowest BCUT2D eigenvalue weighted by atomic mass is 10.0. The fourth-order valence-corrected chi connectivity index (χ4v) is 3.63. The van der Waals surface area contributed by atoms with Gasteiger partial charge in [-0.3, -0.25) is 0 Å². The molecule has 2 N–H and O–H groups in total. The maximum Gasteiger partial charge on any atom is 0.266 e. The monoisotopic (exact) mass is 367 g/mol. The van der Waals surface area contributed by atoms with Crippen LogP contribution in [0.25, 0.3) is 11.1 Å². The average molecular weight is 367 g/mol. The summed E-state index contributed by atoms with van der Waals surface area (Å²) < 4.78 is 59.8. The van der Waals surface area contributed by atoms with Crippen molar-refractivity contribution in [1.29, 1.82) is 0 Å². The van der Waals surface area contributed by atoms with Gasteiger partial charge < -0.3 is 10.1 Å². The molecule has 2 aromatic rings. The third kappa shape index (κ3) is 3.33. The molecule has 9 heteroatoms. The smallest absolute Gasteiger partial charge is 0.266 e. The number of benzene rings is 2. The molecule has 0 aliphatic carbocycles. The number of methoxy groups -OCH3 is 1. The van der Waals surface area contributed by atoms with E-state index in [1.54, 1.807) is 0 Å². The SMILES string of the molecule is COCCN=C1Nc2c(-c3cccc(F)c3F)cccc2S(=O)(=O)N1. The van der Waals surface area contributed by atoms with E-state index < -0.39 is 21.7 Å². The van der Waals surface area contributed by atoms with E-state index in [0.717, 1.165) is 6.07 Å². The molecule has 3 rings (SSSR count). The van der Waals surface area contributed by atoms with Gasteiger partial charge in [-0.1, -0.05) is 24.3 Å². The predicted molar refractivity (Wildman–Crippen MR) is 89.9 cm³/mol. The number of hydrogen-bond acceptors (Lipinski definition) is 4. The molecule has 0 bridgehead atoms. The number of para-hydroxylation sites is 1. The van der Waals surface area contributed by atoms with E-state index in [9.17, 15) is 17.2 Å². The number of nitrogens with one attached hydrogen (secondary N) is 2. The van der Waals surface area contributed by atoms with Crippen LogP contribution in [0.1, 0.15) is 0 Å². The Morgan fingerprint density at radius 3 is 2.60 bits per heavy atom. The highest BCUT2D eigenvalue weighted by Crippen LogP contribution is 2.37. The van der Waals surface area contributed by atoms with E-state index in [1.807, 2.05) is 0 Å². The van der Waals surface area contributed by atoms with Gasteiger partial charge in [0.1, 0.15) is 4.90 Å². The van der Waals surface area contributed by atoms with E-state index in [2.05, 4.69) is 15.0 Å². The molecular weight excluding hydrogens is 352 g/mol. The number of aliphatic imine (C=N–C) groups is 1. The molecule has 0 spiro atoms. The standard InChI is InChI=1S/C16H15F2N3O3S/c1-24-9-8-19-16-20-15-11(10-4-2-6-12(17)14(10)18)5-3-7-13(15)25(22,23)21-16/h2-7H,8-9H2,1H3,(H2,19,20,21). The van der Waals surface area contributed by atoms with Crippen molar-refractivity contribution < 1.29 is 21.9 Å². The van der Waals surface area contributed by atoms with Crippen molar-refractivity contribution in [2.75, 3.05) is 25.6 Å². The van der Waals surface area contributed by atoms with Crippen LogP contribution in [0.3, 0.4) is 0 Å². The summed E-state index contributed by atoms with van der Waals surface area (Å²) in [6, 6.07) is 8.08. The highest BCUT2D eigenvalue weighted by molar-refractivity contribution is 7.90. The predicted octanol–water partition coefficient (Wildman–Crippen LogP) is 2.34. The van der Waals surface area contributed by atoms with Crippen LogP contribution in [-0.2, 0) is 14.8 Å². The summed E-state index contributed by atoms with van der Waals surface area (Å²) in [6.45, 7) is 0.535. The zero-order chi connectivity index (χ0) is 18.0. The van der Waals surface area contributed by atoms with Crippen LogP contribution in [0.2, 0.25) is 0 Å². The summed E-state index contributed by atoms with van der Waals surface area (Å²) in [5.74, 6) is -2.07. The molecule has 0 saturated carbocycles. The van der Waals surface area contributed by atoms with Crippen molar-refractivity contribution in [3.8, 4) is 11.1 Å². The second kappa shape index (κ2) is 6.77. The second-order valence-corrected chi connectivity index (χ2v) is 6.88. The molecule has 0 amide bonds. The number of anilines is 1. The van der Waals surface area contributed by atoms with Crippen molar-refractivity contribution in [2.24, 2.45) is 4.99 Å². The lowest BCUT2D eigenvalue weighted by Gasteiger charge is -2.24. The largest absolute Gasteiger partial charge is 0.383 e. The van der Waals surface area contributed by atoms with Crippen molar-refractivity contribution in [2.45, 2.75) is 4.90 Å². The van der Waals surface area contributed by atoms with E-state index in [4.69, 9.17) is 4.74 Å². The zero-order valence-corrected chi connectivity index (χ0v) is 14.0. The molecule has 1 aliphatic heterocycles. The van der Waals surface area contributed by atoms with Gasteiger partial charge in [-0.2, -0.15) is 0 Å². The number of ether oxygens (including phenoxy) is 1. The minimum Gasteiger partial charge on any atom is -0.383 e. The highest BCUT2D eigenvalue weighted by Gasteiger charge is 2.29. The zero-order valence-electron chi connectivity index (χ0n) is 13.2. The lowest BCUT2D eigenvalue weighted by molar-refractivity contribution is 0.208. The minimum atomic E-state index is -3.88. The summed E-state index contributed by atoms with van der Waals surface area (Å²) in [6.07, 6.45) is 0. The second-order valence-electron chi connectivity index (χ2n) is 5.23. The maximum absolute atomic E-state index is 14.2. The Balaban J connectivity index is 2.14. The fourth-order valence-electron chi connectivity index (χ4n) is 2.47. The number of hydrogen-bond donors (Lipinski definition) is 2. The van der Waals surface area contributed by atoms with E-state index >= 15 is 0 Å². The minimum absolute atomic E-state index is 0.00573. The molecular formula is C16H15F2N3O3S. The third-order valence-corrected chi connectivity index (χ3v) is 4.98. The van der Waals surface area contributed by atoms with Gasteiger partial charge in [0.2, 0.25) is 5.96 Å². The van der Waals surface area contributed by atoms with Crippen LogP contribution < -0.4 is 10.0 Å². The van der Waals surface area contributed by atoms with Gasteiger partial charge in [-0.25, -0.2) is 26.9 Å². The fraction of sp³-hybridized carbons (Fsp3) is 0.188. The van der Waals surface area contributed by atoms with E-state index in [-0.39, 0.29) is 34.2 Å². The lowest BCUT2D eigenvalue weighted by Crippen LogP contribution is -2.41. The number of sulfonamides is 1. The van der Waals surface area contributed by atoms with Gasteiger partial charge in [0.05, 0.1) is 18.8 Å². The maximum atomic E-state index is 14.2. The van der Waals surface area contributed by atoms with Crippen LogP contribution in [0, 0.1) is 11.6 Å². The van der Waals surface area contributed by atoms with Gasteiger partial charge in [-0.15, -0.1) is 0 Å². The Hall–Kier alpha value is -2.52. The first kappa shape index (κ1) is 17.3. The summed E-state index contributed by atoms with van der Waals surface area (Å²) in [5.41, 5.74) is 0.318.